The third kappa shape index (κ3) is 2.98. The van der Waals surface area contributed by atoms with Gasteiger partial charge in [-0.05, 0) is 41.4 Å². The number of aromatic nitrogens is 1. The van der Waals surface area contributed by atoms with Gasteiger partial charge >= 0.3 is 0 Å². The summed E-state index contributed by atoms with van der Waals surface area (Å²) in [7, 11) is 2.09. The van der Waals surface area contributed by atoms with Crippen molar-refractivity contribution < 1.29 is 0 Å². The van der Waals surface area contributed by atoms with E-state index in [9.17, 15) is 0 Å². The zero-order valence-corrected chi connectivity index (χ0v) is 10.6. The van der Waals surface area contributed by atoms with Crippen LogP contribution in [0.1, 0.15) is 25.5 Å². The second-order valence-electron chi connectivity index (χ2n) is 3.51. The van der Waals surface area contributed by atoms with Gasteiger partial charge in [0.1, 0.15) is 5.82 Å². The molecule has 0 aromatic carbocycles. The first-order valence-corrected chi connectivity index (χ1v) is 5.78. The number of pyridine rings is 1. The van der Waals surface area contributed by atoms with Crippen LogP contribution in [0.5, 0.6) is 0 Å². The lowest BCUT2D eigenvalue weighted by molar-refractivity contribution is 0.758. The Hall–Kier alpha value is -0.570. The highest BCUT2D eigenvalue weighted by atomic mass is 79.9. The molecule has 3 heteroatoms. The van der Waals surface area contributed by atoms with Crippen LogP contribution < -0.4 is 4.90 Å². The van der Waals surface area contributed by atoms with Gasteiger partial charge in [-0.15, -0.1) is 0 Å². The number of hydrogen-bond acceptors (Lipinski definition) is 2. The quantitative estimate of drug-likeness (QED) is 0.821. The van der Waals surface area contributed by atoms with Gasteiger partial charge in [-0.3, -0.25) is 0 Å². The van der Waals surface area contributed by atoms with Gasteiger partial charge in [0.05, 0.1) is 5.69 Å². The Morgan fingerprint density at radius 1 is 1.43 bits per heavy atom. The van der Waals surface area contributed by atoms with Crippen molar-refractivity contribution in [2.75, 3.05) is 18.5 Å². The molecular formula is C11H17BrN2. The molecule has 0 atom stereocenters. The monoisotopic (exact) mass is 256 g/mol. The number of halogens is 1. The smallest absolute Gasteiger partial charge is 0.128 e. The number of rotatable bonds is 4. The lowest BCUT2D eigenvalue weighted by atomic mass is 10.3. The van der Waals surface area contributed by atoms with Crippen molar-refractivity contribution >= 4 is 21.7 Å². The van der Waals surface area contributed by atoms with Gasteiger partial charge in [-0.2, -0.15) is 0 Å². The van der Waals surface area contributed by atoms with Crippen LogP contribution in [-0.2, 0) is 0 Å². The van der Waals surface area contributed by atoms with Crippen molar-refractivity contribution in [2.45, 2.75) is 26.7 Å². The minimum atomic E-state index is 1.05. The molecule has 0 saturated carbocycles. The molecule has 1 aromatic heterocycles. The number of unbranched alkanes of at least 4 members (excludes halogenated alkanes) is 1. The van der Waals surface area contributed by atoms with E-state index >= 15 is 0 Å². The van der Waals surface area contributed by atoms with Gasteiger partial charge in [0.15, 0.2) is 0 Å². The molecule has 78 valence electrons. The topological polar surface area (TPSA) is 16.1 Å². The normalized spacial score (nSPS) is 10.3. The summed E-state index contributed by atoms with van der Waals surface area (Å²) in [6, 6.07) is 4.10. The van der Waals surface area contributed by atoms with Crippen molar-refractivity contribution in [3.05, 3.63) is 22.3 Å². The van der Waals surface area contributed by atoms with E-state index in [0.29, 0.717) is 0 Å². The van der Waals surface area contributed by atoms with Crippen LogP contribution in [0.2, 0.25) is 0 Å². The van der Waals surface area contributed by atoms with Gasteiger partial charge in [-0.1, -0.05) is 13.3 Å². The molecule has 1 rings (SSSR count). The molecule has 0 N–H and O–H groups in total. The van der Waals surface area contributed by atoms with Crippen LogP contribution in [0.25, 0.3) is 0 Å². The van der Waals surface area contributed by atoms with E-state index in [1.807, 2.05) is 13.0 Å². The van der Waals surface area contributed by atoms with E-state index in [-0.39, 0.29) is 0 Å². The minimum absolute atomic E-state index is 1.05. The second kappa shape index (κ2) is 5.35. The van der Waals surface area contributed by atoms with Crippen LogP contribution in [0.3, 0.4) is 0 Å². The van der Waals surface area contributed by atoms with Crippen molar-refractivity contribution in [2.24, 2.45) is 0 Å². The van der Waals surface area contributed by atoms with Crippen LogP contribution in [0.15, 0.2) is 16.6 Å². The van der Waals surface area contributed by atoms with Crippen molar-refractivity contribution in [1.82, 2.24) is 4.98 Å². The molecule has 1 aromatic rings. The fourth-order valence-corrected chi connectivity index (χ4v) is 1.47. The van der Waals surface area contributed by atoms with Crippen LogP contribution >= 0.6 is 15.9 Å². The Morgan fingerprint density at radius 3 is 2.71 bits per heavy atom. The van der Waals surface area contributed by atoms with E-state index in [4.69, 9.17) is 0 Å². The van der Waals surface area contributed by atoms with Gasteiger partial charge in [0, 0.05) is 18.1 Å². The molecule has 0 aliphatic heterocycles. The van der Waals surface area contributed by atoms with E-state index in [0.717, 1.165) is 22.5 Å². The summed E-state index contributed by atoms with van der Waals surface area (Å²) >= 11 is 3.45. The van der Waals surface area contributed by atoms with Crippen molar-refractivity contribution in [3.63, 3.8) is 0 Å². The fourth-order valence-electron chi connectivity index (χ4n) is 1.25. The molecule has 0 unspecified atom stereocenters. The molecule has 2 nitrogen and oxygen atoms in total. The van der Waals surface area contributed by atoms with Crippen LogP contribution in [0.4, 0.5) is 5.82 Å². The van der Waals surface area contributed by atoms with Gasteiger partial charge < -0.3 is 4.90 Å². The number of hydrogen-bond donors (Lipinski definition) is 0. The Morgan fingerprint density at radius 2 is 2.14 bits per heavy atom. The number of anilines is 1. The second-order valence-corrected chi connectivity index (χ2v) is 4.37. The molecule has 0 fully saturated rings. The van der Waals surface area contributed by atoms with E-state index in [1.54, 1.807) is 0 Å². The molecule has 0 bridgehead atoms. The zero-order chi connectivity index (χ0) is 10.6. The van der Waals surface area contributed by atoms with Gasteiger partial charge in [0.2, 0.25) is 0 Å². The SMILES string of the molecule is CCCCN(C)c1ccc(Br)c(C)n1. The highest BCUT2D eigenvalue weighted by Gasteiger charge is 2.03. The average Bonchev–Trinajstić information content (AvgIpc) is 2.18. The highest BCUT2D eigenvalue weighted by molar-refractivity contribution is 9.10. The maximum absolute atomic E-state index is 4.50. The summed E-state index contributed by atoms with van der Waals surface area (Å²) < 4.78 is 1.07. The predicted octanol–water partition coefficient (Wildman–Crippen LogP) is 3.39. The molecular weight excluding hydrogens is 240 g/mol. The first kappa shape index (κ1) is 11.5. The van der Waals surface area contributed by atoms with E-state index in [1.165, 1.54) is 12.8 Å². The van der Waals surface area contributed by atoms with Crippen LogP contribution in [-0.4, -0.2) is 18.6 Å². The summed E-state index contributed by atoms with van der Waals surface area (Å²) in [6.45, 7) is 5.29. The van der Waals surface area contributed by atoms with E-state index < -0.39 is 0 Å². The molecule has 1 heterocycles. The lowest BCUT2D eigenvalue weighted by Crippen LogP contribution is -2.19. The number of aryl methyl sites for hydroxylation is 1. The average molecular weight is 257 g/mol. The Balaban J connectivity index is 2.70. The Labute approximate surface area is 94.5 Å². The highest BCUT2D eigenvalue weighted by Crippen LogP contribution is 2.18. The zero-order valence-electron chi connectivity index (χ0n) is 9.05. The summed E-state index contributed by atoms with van der Waals surface area (Å²) in [5.74, 6) is 1.05. The van der Waals surface area contributed by atoms with Crippen molar-refractivity contribution in [3.8, 4) is 0 Å². The lowest BCUT2D eigenvalue weighted by Gasteiger charge is -2.18. The standard InChI is InChI=1S/C11H17BrN2/c1-4-5-8-14(3)11-7-6-10(12)9(2)13-11/h6-7H,4-5,8H2,1-3H3. The third-order valence-corrected chi connectivity index (χ3v) is 3.08. The predicted molar refractivity (Wildman–Crippen MR) is 64.9 cm³/mol. The van der Waals surface area contributed by atoms with E-state index in [2.05, 4.69) is 45.9 Å². The molecule has 0 amide bonds. The Bertz CT molecular complexity index is 299. The molecule has 0 radical (unpaired) electrons. The Kier molecular flexibility index (Phi) is 4.39. The molecule has 0 aliphatic rings. The first-order chi connectivity index (χ1) is 6.65. The van der Waals surface area contributed by atoms with Crippen molar-refractivity contribution in [1.29, 1.82) is 0 Å². The fraction of sp³-hybridized carbons (Fsp3) is 0.545. The maximum atomic E-state index is 4.50. The van der Waals surface area contributed by atoms with Gasteiger partial charge in [0.25, 0.3) is 0 Å². The largest absolute Gasteiger partial charge is 0.360 e. The summed E-state index contributed by atoms with van der Waals surface area (Å²) in [5, 5.41) is 0. The van der Waals surface area contributed by atoms with Crippen LogP contribution in [0, 0.1) is 6.92 Å². The van der Waals surface area contributed by atoms with Gasteiger partial charge in [-0.25, -0.2) is 4.98 Å². The summed E-state index contributed by atoms with van der Waals surface area (Å²) in [4.78, 5) is 6.70. The summed E-state index contributed by atoms with van der Waals surface area (Å²) in [5.41, 5.74) is 1.05. The third-order valence-electron chi connectivity index (χ3n) is 2.24. The molecule has 0 saturated heterocycles. The molecule has 0 aliphatic carbocycles. The molecule has 14 heavy (non-hydrogen) atoms. The maximum Gasteiger partial charge on any atom is 0.128 e. The number of nitrogens with zero attached hydrogens (tertiary/aromatic N) is 2. The minimum Gasteiger partial charge on any atom is -0.360 e. The first-order valence-electron chi connectivity index (χ1n) is 4.99. The summed E-state index contributed by atoms with van der Waals surface area (Å²) in [6.07, 6.45) is 2.44. The molecule has 0 spiro atoms.